The number of rotatable bonds is 5. The maximum atomic E-state index is 13.2. The van der Waals surface area contributed by atoms with Crippen LogP contribution >= 0.6 is 0 Å². The van der Waals surface area contributed by atoms with E-state index >= 15 is 0 Å². The van der Waals surface area contributed by atoms with Crippen molar-refractivity contribution in [2.75, 3.05) is 6.61 Å². The van der Waals surface area contributed by atoms with Crippen molar-refractivity contribution in [2.24, 2.45) is 5.92 Å². The van der Waals surface area contributed by atoms with Crippen LogP contribution in [0, 0.1) is 5.92 Å². The molecule has 0 N–H and O–H groups in total. The molecular weight excluding hydrogens is 426 g/mol. The zero-order valence-corrected chi connectivity index (χ0v) is 18.9. The molecule has 2 heterocycles. The Morgan fingerprint density at radius 2 is 1.44 bits per heavy atom. The highest BCUT2D eigenvalue weighted by Crippen LogP contribution is 2.46. The van der Waals surface area contributed by atoms with Crippen molar-refractivity contribution in [3.63, 3.8) is 0 Å². The normalized spacial score (nSPS) is 22.4. The fourth-order valence-corrected chi connectivity index (χ4v) is 6.03. The molecule has 0 aromatic heterocycles. The zero-order chi connectivity index (χ0) is 23.1. The average molecular weight is 454 g/mol. The number of fused-ring (bicyclic) bond motifs is 5. The van der Waals surface area contributed by atoms with E-state index in [4.69, 9.17) is 9.47 Å². The first-order valence-electron chi connectivity index (χ1n) is 12.0. The van der Waals surface area contributed by atoms with Gasteiger partial charge in [-0.15, -0.1) is 0 Å². The van der Waals surface area contributed by atoms with E-state index in [0.717, 1.165) is 18.4 Å². The number of benzene rings is 3. The molecule has 5 heteroatoms. The number of carbonyl (C=O) groups excluding carboxylic acids is 2. The Labute approximate surface area is 199 Å². The van der Waals surface area contributed by atoms with Gasteiger partial charge in [-0.05, 0) is 47.1 Å². The SMILES string of the molecule is O=C(OCc1ccccc1)[C@@H]1C[C@H]2CC[C@@H]1N2C(=O)OCC1c2ccccc2-c2ccccc21. The maximum absolute atomic E-state index is 13.2. The molecule has 6 rings (SSSR count). The van der Waals surface area contributed by atoms with Gasteiger partial charge >= 0.3 is 12.1 Å². The second-order valence-corrected chi connectivity index (χ2v) is 9.45. The van der Waals surface area contributed by atoms with Crippen molar-refractivity contribution >= 4 is 12.1 Å². The van der Waals surface area contributed by atoms with Crippen molar-refractivity contribution in [3.8, 4) is 11.1 Å². The third-order valence-corrected chi connectivity index (χ3v) is 7.61. The van der Waals surface area contributed by atoms with E-state index in [1.807, 2.05) is 54.6 Å². The van der Waals surface area contributed by atoms with E-state index in [-0.39, 0.29) is 42.6 Å². The first kappa shape index (κ1) is 21.0. The second kappa shape index (κ2) is 8.64. The number of ether oxygens (including phenoxy) is 2. The Hall–Kier alpha value is -3.60. The van der Waals surface area contributed by atoms with Crippen LogP contribution in [-0.2, 0) is 20.9 Å². The number of carbonyl (C=O) groups is 2. The van der Waals surface area contributed by atoms with E-state index < -0.39 is 0 Å². The lowest BCUT2D eigenvalue weighted by molar-refractivity contribution is -0.150. The summed E-state index contributed by atoms with van der Waals surface area (Å²) >= 11 is 0. The summed E-state index contributed by atoms with van der Waals surface area (Å²) in [5.41, 5.74) is 5.78. The number of hydrogen-bond donors (Lipinski definition) is 0. The van der Waals surface area contributed by atoms with Gasteiger partial charge in [-0.2, -0.15) is 0 Å². The summed E-state index contributed by atoms with van der Waals surface area (Å²) < 4.78 is 11.5. The Bertz CT molecular complexity index is 1180. The Morgan fingerprint density at radius 3 is 2.15 bits per heavy atom. The lowest BCUT2D eigenvalue weighted by atomic mass is 9.89. The van der Waals surface area contributed by atoms with Crippen LogP contribution in [0.25, 0.3) is 11.1 Å². The summed E-state index contributed by atoms with van der Waals surface area (Å²) in [6, 6.07) is 26.2. The first-order valence-corrected chi connectivity index (χ1v) is 12.0. The first-order chi connectivity index (χ1) is 16.7. The van der Waals surface area contributed by atoms with Gasteiger partial charge in [0.2, 0.25) is 0 Å². The third kappa shape index (κ3) is 3.56. The van der Waals surface area contributed by atoms with Gasteiger partial charge < -0.3 is 14.4 Å². The number of esters is 1. The summed E-state index contributed by atoms with van der Waals surface area (Å²) in [4.78, 5) is 27.8. The highest BCUT2D eigenvalue weighted by molar-refractivity contribution is 5.80. The second-order valence-electron chi connectivity index (χ2n) is 9.45. The van der Waals surface area contributed by atoms with Crippen LogP contribution in [0.15, 0.2) is 78.9 Å². The highest BCUT2D eigenvalue weighted by Gasteiger charge is 2.52. The molecule has 34 heavy (non-hydrogen) atoms. The molecule has 3 atom stereocenters. The largest absolute Gasteiger partial charge is 0.461 e. The summed E-state index contributed by atoms with van der Waals surface area (Å²) in [7, 11) is 0. The molecule has 1 aliphatic carbocycles. The molecule has 2 saturated heterocycles. The van der Waals surface area contributed by atoms with Crippen LogP contribution in [0.3, 0.4) is 0 Å². The van der Waals surface area contributed by atoms with Gasteiger partial charge in [0.05, 0.1) is 5.92 Å². The van der Waals surface area contributed by atoms with E-state index in [9.17, 15) is 9.59 Å². The predicted octanol–water partition coefficient (Wildman–Crippen LogP) is 5.53. The van der Waals surface area contributed by atoms with E-state index in [1.165, 1.54) is 22.3 Å². The fraction of sp³-hybridized carbons (Fsp3) is 0.310. The minimum absolute atomic E-state index is 0.0308. The van der Waals surface area contributed by atoms with Gasteiger partial charge in [-0.1, -0.05) is 78.9 Å². The topological polar surface area (TPSA) is 55.8 Å². The molecule has 0 saturated carbocycles. The molecule has 1 amide bonds. The molecule has 3 aliphatic rings. The molecule has 3 aromatic rings. The Balaban J connectivity index is 1.12. The molecule has 2 bridgehead atoms. The number of nitrogens with zero attached hydrogens (tertiary/aromatic N) is 1. The van der Waals surface area contributed by atoms with Crippen LogP contribution in [0.1, 0.15) is 41.9 Å². The summed E-state index contributed by atoms with van der Waals surface area (Å²) in [5.74, 6) is -0.460. The minimum atomic E-state index is -0.312. The van der Waals surface area contributed by atoms with Crippen LogP contribution in [0.2, 0.25) is 0 Å². The number of hydrogen-bond acceptors (Lipinski definition) is 4. The molecule has 2 fully saturated rings. The molecule has 0 spiro atoms. The fourth-order valence-electron chi connectivity index (χ4n) is 6.03. The lowest BCUT2D eigenvalue weighted by Gasteiger charge is -2.24. The maximum Gasteiger partial charge on any atom is 0.410 e. The molecule has 2 aliphatic heterocycles. The molecule has 172 valence electrons. The van der Waals surface area contributed by atoms with Gasteiger partial charge in [-0.3, -0.25) is 4.79 Å². The monoisotopic (exact) mass is 453 g/mol. The Morgan fingerprint density at radius 1 is 0.794 bits per heavy atom. The Kier molecular flexibility index (Phi) is 5.33. The van der Waals surface area contributed by atoms with Crippen molar-refractivity contribution < 1.29 is 19.1 Å². The van der Waals surface area contributed by atoms with Crippen molar-refractivity contribution in [3.05, 3.63) is 95.6 Å². The zero-order valence-electron chi connectivity index (χ0n) is 18.9. The summed E-state index contributed by atoms with van der Waals surface area (Å²) in [6.45, 7) is 0.560. The van der Waals surface area contributed by atoms with Crippen LogP contribution in [0.4, 0.5) is 4.79 Å². The quantitative estimate of drug-likeness (QED) is 0.477. The standard InChI is InChI=1S/C29H27NO4/c31-28(33-17-19-8-2-1-3-9-19)25-16-20-14-15-27(25)30(20)29(32)34-18-26-23-12-6-4-10-21(23)22-11-5-7-13-24(22)26/h1-13,20,25-27H,14-18H2/t20-,25-,27+/m1/s1. The minimum Gasteiger partial charge on any atom is -0.461 e. The van der Waals surface area contributed by atoms with Gasteiger partial charge in [0.15, 0.2) is 0 Å². The van der Waals surface area contributed by atoms with E-state index in [1.54, 1.807) is 4.90 Å². The molecular formula is C29H27NO4. The molecule has 3 aromatic carbocycles. The molecule has 0 unspecified atom stereocenters. The number of amides is 1. The summed E-state index contributed by atoms with van der Waals surface area (Å²) in [5, 5.41) is 0. The third-order valence-electron chi connectivity index (χ3n) is 7.61. The van der Waals surface area contributed by atoms with Crippen molar-refractivity contribution in [1.82, 2.24) is 4.90 Å². The smallest absolute Gasteiger partial charge is 0.410 e. The van der Waals surface area contributed by atoms with Gasteiger partial charge in [0.1, 0.15) is 13.2 Å². The average Bonchev–Trinajstić information content (AvgIpc) is 3.56. The van der Waals surface area contributed by atoms with Gasteiger partial charge in [0.25, 0.3) is 0 Å². The van der Waals surface area contributed by atoms with Crippen molar-refractivity contribution in [1.29, 1.82) is 0 Å². The van der Waals surface area contributed by atoms with Crippen LogP contribution in [-0.4, -0.2) is 35.7 Å². The van der Waals surface area contributed by atoms with E-state index in [2.05, 4.69) is 24.3 Å². The van der Waals surface area contributed by atoms with Crippen LogP contribution in [0.5, 0.6) is 0 Å². The van der Waals surface area contributed by atoms with E-state index in [0.29, 0.717) is 13.0 Å². The van der Waals surface area contributed by atoms with Crippen molar-refractivity contribution in [2.45, 2.75) is 43.9 Å². The summed E-state index contributed by atoms with van der Waals surface area (Å²) in [6.07, 6.45) is 2.08. The van der Waals surface area contributed by atoms with Gasteiger partial charge in [-0.25, -0.2) is 4.79 Å². The predicted molar refractivity (Wildman–Crippen MR) is 128 cm³/mol. The van der Waals surface area contributed by atoms with Gasteiger partial charge in [0, 0.05) is 18.0 Å². The lowest BCUT2D eigenvalue weighted by Crippen LogP contribution is -2.39. The highest BCUT2D eigenvalue weighted by atomic mass is 16.6. The molecule has 0 radical (unpaired) electrons. The van der Waals surface area contributed by atoms with Crippen LogP contribution < -0.4 is 0 Å². The molecule has 5 nitrogen and oxygen atoms in total.